The Labute approximate surface area is 120 Å². The van der Waals surface area contributed by atoms with E-state index in [-0.39, 0.29) is 0 Å². The van der Waals surface area contributed by atoms with Gasteiger partial charge in [0.05, 0.1) is 16.7 Å². The van der Waals surface area contributed by atoms with Crippen LogP contribution in [0.5, 0.6) is 0 Å². The first-order valence-electron chi connectivity index (χ1n) is 6.05. The Morgan fingerprint density at radius 3 is 2.55 bits per heavy atom. The first-order valence-corrected chi connectivity index (χ1v) is 6.43. The van der Waals surface area contributed by atoms with Gasteiger partial charge in [0.25, 0.3) is 0 Å². The molecule has 0 saturated heterocycles. The molecule has 0 radical (unpaired) electrons. The van der Waals surface area contributed by atoms with Crippen LogP contribution in [0.15, 0.2) is 52.9 Å². The number of aliphatic hydroxyl groups is 1. The van der Waals surface area contributed by atoms with Gasteiger partial charge in [-0.25, -0.2) is 0 Å². The molecule has 0 fully saturated rings. The number of rotatable bonds is 2. The summed E-state index contributed by atoms with van der Waals surface area (Å²) in [5.41, 5.74) is 1.78. The maximum Gasteiger partial charge on any atom is 0.153 e. The molecule has 4 heteroatoms. The number of halogens is 1. The lowest BCUT2D eigenvalue weighted by molar-refractivity contribution is 0.192. The summed E-state index contributed by atoms with van der Waals surface area (Å²) in [6.07, 6.45) is -0.883. The number of hydrogen-bond acceptors (Lipinski definition) is 3. The van der Waals surface area contributed by atoms with Crippen molar-refractivity contribution >= 4 is 22.6 Å². The highest BCUT2D eigenvalue weighted by Gasteiger charge is 2.16. The first kappa shape index (κ1) is 12.7. The van der Waals surface area contributed by atoms with E-state index in [4.69, 9.17) is 21.3 Å². The molecule has 20 heavy (non-hydrogen) atoms. The predicted octanol–water partition coefficient (Wildman–Crippen LogP) is 4.04. The minimum atomic E-state index is -0.883. The van der Waals surface area contributed by atoms with Gasteiger partial charge >= 0.3 is 0 Å². The molecule has 0 saturated carbocycles. The summed E-state index contributed by atoms with van der Waals surface area (Å²) >= 11 is 6.05. The Balaban J connectivity index is 2.01. The standard InChI is InChI=1S/C16H10ClNO2/c17-13-3-1-2-12-8-14(20-16(12)13)15(19)11-6-4-10(9-18)5-7-11/h1-8,15,19H. The zero-order chi connectivity index (χ0) is 14.1. The second-order valence-corrected chi connectivity index (χ2v) is 4.85. The van der Waals surface area contributed by atoms with Crippen LogP contribution in [-0.2, 0) is 0 Å². The van der Waals surface area contributed by atoms with Crippen LogP contribution in [0.25, 0.3) is 11.0 Å². The normalized spacial score (nSPS) is 12.2. The van der Waals surface area contributed by atoms with Gasteiger partial charge in [0.1, 0.15) is 11.9 Å². The summed E-state index contributed by atoms with van der Waals surface area (Å²) in [6.45, 7) is 0. The van der Waals surface area contributed by atoms with Crippen LogP contribution >= 0.6 is 11.6 Å². The Morgan fingerprint density at radius 1 is 1.15 bits per heavy atom. The molecule has 2 aromatic carbocycles. The lowest BCUT2D eigenvalue weighted by Gasteiger charge is -2.07. The van der Waals surface area contributed by atoms with E-state index in [1.54, 1.807) is 36.4 Å². The molecule has 1 heterocycles. The average Bonchev–Trinajstić information content (AvgIpc) is 2.92. The summed E-state index contributed by atoms with van der Waals surface area (Å²) < 4.78 is 5.62. The van der Waals surface area contributed by atoms with Gasteiger partial charge in [-0.2, -0.15) is 5.26 Å². The van der Waals surface area contributed by atoms with E-state index in [1.165, 1.54) is 0 Å². The van der Waals surface area contributed by atoms with Crippen LogP contribution in [-0.4, -0.2) is 5.11 Å². The number of nitrogens with zero attached hydrogens (tertiary/aromatic N) is 1. The number of para-hydroxylation sites is 1. The molecular formula is C16H10ClNO2. The molecule has 1 aromatic heterocycles. The Kier molecular flexibility index (Phi) is 3.19. The molecule has 0 aliphatic carbocycles. The third kappa shape index (κ3) is 2.16. The molecule has 0 spiro atoms. The molecule has 98 valence electrons. The van der Waals surface area contributed by atoms with Gasteiger partial charge in [0, 0.05) is 5.39 Å². The van der Waals surface area contributed by atoms with E-state index in [9.17, 15) is 5.11 Å². The maximum atomic E-state index is 10.3. The van der Waals surface area contributed by atoms with Gasteiger partial charge in [-0.15, -0.1) is 0 Å². The fourth-order valence-corrected chi connectivity index (χ4v) is 2.31. The summed E-state index contributed by atoms with van der Waals surface area (Å²) in [4.78, 5) is 0. The van der Waals surface area contributed by atoms with Crippen molar-refractivity contribution in [3.63, 3.8) is 0 Å². The molecule has 1 unspecified atom stereocenters. The Morgan fingerprint density at radius 2 is 1.90 bits per heavy atom. The van der Waals surface area contributed by atoms with Gasteiger partial charge in [-0.05, 0) is 29.8 Å². The molecule has 3 aromatic rings. The maximum absolute atomic E-state index is 10.3. The molecule has 0 bridgehead atoms. The highest BCUT2D eigenvalue weighted by Crippen LogP contribution is 2.31. The third-order valence-electron chi connectivity index (χ3n) is 3.14. The molecule has 0 aliphatic rings. The highest BCUT2D eigenvalue weighted by atomic mass is 35.5. The van der Waals surface area contributed by atoms with Gasteiger partial charge in [0.2, 0.25) is 0 Å². The van der Waals surface area contributed by atoms with Crippen molar-refractivity contribution < 1.29 is 9.52 Å². The fraction of sp³-hybridized carbons (Fsp3) is 0.0625. The highest BCUT2D eigenvalue weighted by molar-refractivity contribution is 6.34. The lowest BCUT2D eigenvalue weighted by Crippen LogP contribution is -1.97. The number of aliphatic hydroxyl groups excluding tert-OH is 1. The predicted molar refractivity (Wildman–Crippen MR) is 76.4 cm³/mol. The average molecular weight is 284 g/mol. The van der Waals surface area contributed by atoms with Gasteiger partial charge in [-0.3, -0.25) is 0 Å². The van der Waals surface area contributed by atoms with E-state index >= 15 is 0 Å². The molecule has 1 atom stereocenters. The lowest BCUT2D eigenvalue weighted by atomic mass is 10.1. The van der Waals surface area contributed by atoms with Crippen molar-refractivity contribution in [3.05, 3.63) is 70.4 Å². The summed E-state index contributed by atoms with van der Waals surface area (Å²) in [7, 11) is 0. The quantitative estimate of drug-likeness (QED) is 0.772. The molecular weight excluding hydrogens is 274 g/mol. The van der Waals surface area contributed by atoms with Crippen molar-refractivity contribution in [1.82, 2.24) is 0 Å². The number of furan rings is 1. The second kappa shape index (κ2) is 5.01. The van der Waals surface area contributed by atoms with Gasteiger partial charge < -0.3 is 9.52 Å². The summed E-state index contributed by atoms with van der Waals surface area (Å²) in [5, 5.41) is 20.5. The van der Waals surface area contributed by atoms with Crippen molar-refractivity contribution in [1.29, 1.82) is 5.26 Å². The van der Waals surface area contributed by atoms with Gasteiger partial charge in [-0.1, -0.05) is 35.9 Å². The minimum absolute atomic E-state index is 0.429. The SMILES string of the molecule is N#Cc1ccc(C(O)c2cc3cccc(Cl)c3o2)cc1. The van der Waals surface area contributed by atoms with Crippen LogP contribution in [0.4, 0.5) is 0 Å². The van der Waals surface area contributed by atoms with Crippen molar-refractivity contribution in [2.24, 2.45) is 0 Å². The molecule has 3 nitrogen and oxygen atoms in total. The van der Waals surface area contributed by atoms with Crippen LogP contribution < -0.4 is 0 Å². The van der Waals surface area contributed by atoms with E-state index < -0.39 is 6.10 Å². The Bertz CT molecular complexity index is 799. The third-order valence-corrected chi connectivity index (χ3v) is 3.44. The zero-order valence-corrected chi connectivity index (χ0v) is 11.1. The van der Waals surface area contributed by atoms with Crippen molar-refractivity contribution in [3.8, 4) is 6.07 Å². The smallest absolute Gasteiger partial charge is 0.153 e. The zero-order valence-electron chi connectivity index (χ0n) is 10.4. The van der Waals surface area contributed by atoms with Gasteiger partial charge in [0.15, 0.2) is 5.58 Å². The number of nitriles is 1. The fourth-order valence-electron chi connectivity index (χ4n) is 2.09. The number of fused-ring (bicyclic) bond motifs is 1. The molecule has 1 N–H and O–H groups in total. The van der Waals surface area contributed by atoms with Crippen LogP contribution in [0.3, 0.4) is 0 Å². The summed E-state index contributed by atoms with van der Waals surface area (Å²) in [5.74, 6) is 0.429. The van der Waals surface area contributed by atoms with Crippen LogP contribution in [0, 0.1) is 11.3 Å². The number of benzene rings is 2. The van der Waals surface area contributed by atoms with Crippen molar-refractivity contribution in [2.75, 3.05) is 0 Å². The first-order chi connectivity index (χ1) is 9.69. The van der Waals surface area contributed by atoms with E-state index in [0.717, 1.165) is 5.39 Å². The topological polar surface area (TPSA) is 57.2 Å². The van der Waals surface area contributed by atoms with Crippen molar-refractivity contribution in [2.45, 2.75) is 6.10 Å². The molecule has 0 amide bonds. The minimum Gasteiger partial charge on any atom is -0.456 e. The van der Waals surface area contributed by atoms with E-state index in [1.807, 2.05) is 18.2 Å². The number of hydrogen-bond donors (Lipinski definition) is 1. The molecule has 3 rings (SSSR count). The Hall–Kier alpha value is -2.28. The largest absolute Gasteiger partial charge is 0.456 e. The molecule has 0 aliphatic heterocycles. The van der Waals surface area contributed by atoms with E-state index in [2.05, 4.69) is 0 Å². The monoisotopic (exact) mass is 283 g/mol. The van der Waals surface area contributed by atoms with Crippen LogP contribution in [0.1, 0.15) is 23.0 Å². The second-order valence-electron chi connectivity index (χ2n) is 4.44. The summed E-state index contributed by atoms with van der Waals surface area (Å²) in [6, 6.07) is 16.0. The van der Waals surface area contributed by atoms with E-state index in [0.29, 0.717) is 27.5 Å². The van der Waals surface area contributed by atoms with Crippen LogP contribution in [0.2, 0.25) is 5.02 Å².